The minimum Gasteiger partial charge on any atom is -0.326 e. The molecule has 1 aliphatic carbocycles. The summed E-state index contributed by atoms with van der Waals surface area (Å²) in [7, 11) is 0. The Hall–Kier alpha value is -1.35. The molecule has 3 nitrogen and oxygen atoms in total. The van der Waals surface area contributed by atoms with Crippen LogP contribution in [0.3, 0.4) is 0 Å². The van der Waals surface area contributed by atoms with Crippen molar-refractivity contribution in [2.24, 2.45) is 11.8 Å². The van der Waals surface area contributed by atoms with Gasteiger partial charge in [-0.05, 0) is 42.5 Å². The number of hydrogen-bond acceptors (Lipinski definition) is 2. The number of anilines is 1. The summed E-state index contributed by atoms with van der Waals surface area (Å²) in [6, 6.07) is 6.18. The molecule has 2 aliphatic rings. The highest BCUT2D eigenvalue weighted by Gasteiger charge is 2.39. The van der Waals surface area contributed by atoms with Gasteiger partial charge in [-0.25, -0.2) is 0 Å². The molecule has 3 heteroatoms. The van der Waals surface area contributed by atoms with Crippen molar-refractivity contribution >= 4 is 11.6 Å². The molecule has 0 bridgehead atoms. The molecule has 17 heavy (non-hydrogen) atoms. The van der Waals surface area contributed by atoms with Gasteiger partial charge in [-0.15, -0.1) is 0 Å². The SMILES string of the molecule is CC1CC1C(=O)Nc1cccc2c1CCNC2. The topological polar surface area (TPSA) is 41.1 Å². The predicted molar refractivity (Wildman–Crippen MR) is 67.8 cm³/mol. The van der Waals surface area contributed by atoms with Gasteiger partial charge in [0.05, 0.1) is 0 Å². The van der Waals surface area contributed by atoms with Gasteiger partial charge in [0.1, 0.15) is 0 Å². The van der Waals surface area contributed by atoms with Crippen molar-refractivity contribution in [3.8, 4) is 0 Å². The van der Waals surface area contributed by atoms with E-state index in [1.807, 2.05) is 12.1 Å². The lowest BCUT2D eigenvalue weighted by molar-refractivity contribution is -0.117. The average molecular weight is 230 g/mol. The Morgan fingerprint density at radius 3 is 3.06 bits per heavy atom. The maximum atomic E-state index is 11.9. The van der Waals surface area contributed by atoms with Crippen molar-refractivity contribution in [2.75, 3.05) is 11.9 Å². The highest BCUT2D eigenvalue weighted by Crippen LogP contribution is 2.38. The van der Waals surface area contributed by atoms with Gasteiger partial charge in [-0.1, -0.05) is 19.1 Å². The Morgan fingerprint density at radius 2 is 2.29 bits per heavy atom. The second-order valence-electron chi connectivity index (χ2n) is 5.18. The Morgan fingerprint density at radius 1 is 1.47 bits per heavy atom. The van der Waals surface area contributed by atoms with Crippen molar-refractivity contribution in [2.45, 2.75) is 26.3 Å². The normalized spacial score (nSPS) is 26.2. The van der Waals surface area contributed by atoms with Crippen molar-refractivity contribution in [1.29, 1.82) is 0 Å². The first kappa shape index (κ1) is 10.8. The first-order chi connectivity index (χ1) is 8.25. The molecule has 1 amide bonds. The third kappa shape index (κ3) is 2.07. The van der Waals surface area contributed by atoms with Crippen LogP contribution in [-0.4, -0.2) is 12.5 Å². The summed E-state index contributed by atoms with van der Waals surface area (Å²) in [5.41, 5.74) is 3.65. The minimum atomic E-state index is 0.199. The van der Waals surface area contributed by atoms with Gasteiger partial charge < -0.3 is 10.6 Å². The molecule has 0 aromatic heterocycles. The first-order valence-corrected chi connectivity index (χ1v) is 6.38. The van der Waals surface area contributed by atoms with Gasteiger partial charge in [-0.3, -0.25) is 4.79 Å². The van der Waals surface area contributed by atoms with Gasteiger partial charge in [0, 0.05) is 18.2 Å². The zero-order valence-electron chi connectivity index (χ0n) is 10.1. The average Bonchev–Trinajstić information content (AvgIpc) is 3.07. The van der Waals surface area contributed by atoms with E-state index >= 15 is 0 Å². The molecule has 2 atom stereocenters. The van der Waals surface area contributed by atoms with Crippen LogP contribution in [0.4, 0.5) is 5.69 Å². The van der Waals surface area contributed by atoms with Crippen LogP contribution in [0, 0.1) is 11.8 Å². The van der Waals surface area contributed by atoms with E-state index in [0.29, 0.717) is 5.92 Å². The predicted octanol–water partition coefficient (Wildman–Crippen LogP) is 1.93. The van der Waals surface area contributed by atoms with E-state index < -0.39 is 0 Å². The molecular formula is C14H18N2O. The number of benzene rings is 1. The zero-order valence-corrected chi connectivity index (χ0v) is 10.1. The lowest BCUT2D eigenvalue weighted by Crippen LogP contribution is -2.25. The number of carbonyl (C=O) groups is 1. The fraction of sp³-hybridized carbons (Fsp3) is 0.500. The van der Waals surface area contributed by atoms with Crippen LogP contribution in [0.1, 0.15) is 24.5 Å². The van der Waals surface area contributed by atoms with E-state index in [0.717, 1.165) is 31.6 Å². The molecule has 0 spiro atoms. The van der Waals surface area contributed by atoms with Crippen LogP contribution in [-0.2, 0) is 17.8 Å². The second kappa shape index (κ2) is 4.15. The number of nitrogens with one attached hydrogen (secondary N) is 2. The molecular weight excluding hydrogens is 212 g/mol. The van der Waals surface area contributed by atoms with Crippen LogP contribution in [0.25, 0.3) is 0 Å². The quantitative estimate of drug-likeness (QED) is 0.815. The number of carbonyl (C=O) groups excluding carboxylic acids is 1. The Balaban J connectivity index is 1.80. The van der Waals surface area contributed by atoms with Crippen molar-refractivity contribution in [3.63, 3.8) is 0 Å². The molecule has 2 unspecified atom stereocenters. The first-order valence-electron chi connectivity index (χ1n) is 6.38. The molecule has 90 valence electrons. The van der Waals surface area contributed by atoms with Crippen molar-refractivity contribution < 1.29 is 4.79 Å². The maximum Gasteiger partial charge on any atom is 0.227 e. The monoisotopic (exact) mass is 230 g/mol. The van der Waals surface area contributed by atoms with E-state index in [1.54, 1.807) is 0 Å². The Kier molecular flexibility index (Phi) is 2.63. The largest absolute Gasteiger partial charge is 0.326 e. The standard InChI is InChI=1S/C14H18N2O/c1-9-7-12(9)14(17)16-13-4-2-3-10-8-15-6-5-11(10)13/h2-4,9,12,15H,5-8H2,1H3,(H,16,17). The van der Waals surface area contributed by atoms with Crippen LogP contribution in [0.2, 0.25) is 0 Å². The molecule has 1 heterocycles. The maximum absolute atomic E-state index is 11.9. The fourth-order valence-electron chi connectivity index (χ4n) is 2.56. The summed E-state index contributed by atoms with van der Waals surface area (Å²) in [6.07, 6.45) is 2.05. The third-order valence-electron chi connectivity index (χ3n) is 3.84. The number of fused-ring (bicyclic) bond motifs is 1. The van der Waals surface area contributed by atoms with Crippen molar-refractivity contribution in [1.82, 2.24) is 5.32 Å². The molecule has 3 rings (SSSR count). The Bertz CT molecular complexity index is 456. The summed E-state index contributed by atoms with van der Waals surface area (Å²) in [5, 5.41) is 6.45. The van der Waals surface area contributed by atoms with Gasteiger partial charge in [0.25, 0.3) is 0 Å². The molecule has 1 fully saturated rings. The lowest BCUT2D eigenvalue weighted by Gasteiger charge is -2.20. The van der Waals surface area contributed by atoms with E-state index in [1.165, 1.54) is 11.1 Å². The summed E-state index contributed by atoms with van der Waals surface area (Å²) in [4.78, 5) is 11.9. The van der Waals surface area contributed by atoms with E-state index in [9.17, 15) is 4.79 Å². The highest BCUT2D eigenvalue weighted by molar-refractivity contribution is 5.95. The highest BCUT2D eigenvalue weighted by atomic mass is 16.2. The third-order valence-corrected chi connectivity index (χ3v) is 3.84. The van der Waals surface area contributed by atoms with Crippen LogP contribution >= 0.6 is 0 Å². The van der Waals surface area contributed by atoms with Gasteiger partial charge in [0.2, 0.25) is 5.91 Å². The molecule has 1 saturated carbocycles. The summed E-state index contributed by atoms with van der Waals surface area (Å²) >= 11 is 0. The molecule has 1 aromatic rings. The smallest absolute Gasteiger partial charge is 0.227 e. The van der Waals surface area contributed by atoms with E-state index in [2.05, 4.69) is 23.6 Å². The Labute approximate surface area is 102 Å². The lowest BCUT2D eigenvalue weighted by atomic mass is 9.99. The minimum absolute atomic E-state index is 0.199. The summed E-state index contributed by atoms with van der Waals surface area (Å²) in [6.45, 7) is 4.05. The van der Waals surface area contributed by atoms with Gasteiger partial charge >= 0.3 is 0 Å². The molecule has 2 N–H and O–H groups in total. The van der Waals surface area contributed by atoms with E-state index in [4.69, 9.17) is 0 Å². The van der Waals surface area contributed by atoms with Gasteiger partial charge in [0.15, 0.2) is 0 Å². The zero-order chi connectivity index (χ0) is 11.8. The van der Waals surface area contributed by atoms with Crippen LogP contribution in [0.15, 0.2) is 18.2 Å². The van der Waals surface area contributed by atoms with Crippen molar-refractivity contribution in [3.05, 3.63) is 29.3 Å². The number of hydrogen-bond donors (Lipinski definition) is 2. The molecule has 1 aromatic carbocycles. The summed E-state index contributed by atoms with van der Waals surface area (Å²) in [5.74, 6) is 1.01. The van der Waals surface area contributed by atoms with Crippen LogP contribution < -0.4 is 10.6 Å². The molecule has 0 radical (unpaired) electrons. The number of rotatable bonds is 2. The molecule has 1 aliphatic heterocycles. The van der Waals surface area contributed by atoms with Gasteiger partial charge in [-0.2, -0.15) is 0 Å². The molecule has 0 saturated heterocycles. The second-order valence-corrected chi connectivity index (χ2v) is 5.18. The number of amides is 1. The fourth-order valence-corrected chi connectivity index (χ4v) is 2.56. The summed E-state index contributed by atoms with van der Waals surface area (Å²) < 4.78 is 0. The van der Waals surface area contributed by atoms with E-state index in [-0.39, 0.29) is 11.8 Å². The van der Waals surface area contributed by atoms with Crippen LogP contribution in [0.5, 0.6) is 0 Å².